The lowest BCUT2D eigenvalue weighted by atomic mass is 10.1. The topological polar surface area (TPSA) is 85.5 Å². The summed E-state index contributed by atoms with van der Waals surface area (Å²) in [6, 6.07) is 22.2. The molecule has 0 atom stereocenters. The van der Waals surface area contributed by atoms with Gasteiger partial charge in [-0.25, -0.2) is 0 Å². The van der Waals surface area contributed by atoms with E-state index in [0.29, 0.717) is 28.7 Å². The van der Waals surface area contributed by atoms with Crippen LogP contribution in [0.4, 0.5) is 5.69 Å². The molecule has 33 heavy (non-hydrogen) atoms. The highest BCUT2D eigenvalue weighted by Crippen LogP contribution is 2.37. The molecule has 7 nitrogen and oxygen atoms in total. The molecule has 7 heteroatoms. The van der Waals surface area contributed by atoms with Crippen molar-refractivity contribution in [1.82, 2.24) is 9.97 Å². The molecular formula is C26H21N3O4. The van der Waals surface area contributed by atoms with E-state index in [1.54, 1.807) is 32.5 Å². The maximum atomic E-state index is 12.6. The number of methoxy groups -OCH3 is 2. The zero-order valence-corrected chi connectivity index (χ0v) is 18.1. The lowest BCUT2D eigenvalue weighted by Crippen LogP contribution is -2.11. The van der Waals surface area contributed by atoms with Gasteiger partial charge in [-0.3, -0.25) is 9.78 Å². The number of aromatic amines is 1. The Morgan fingerprint density at radius 1 is 0.879 bits per heavy atom. The molecule has 5 aromatic rings. The molecule has 0 aliphatic heterocycles. The van der Waals surface area contributed by atoms with Crippen LogP contribution in [-0.2, 0) is 0 Å². The van der Waals surface area contributed by atoms with Crippen molar-refractivity contribution in [2.45, 2.75) is 0 Å². The van der Waals surface area contributed by atoms with Gasteiger partial charge >= 0.3 is 0 Å². The van der Waals surface area contributed by atoms with Crippen molar-refractivity contribution < 1.29 is 19.0 Å². The number of aromatic nitrogens is 2. The highest BCUT2D eigenvalue weighted by atomic mass is 16.5. The van der Waals surface area contributed by atoms with Gasteiger partial charge in [0.2, 0.25) is 0 Å². The first-order valence-corrected chi connectivity index (χ1v) is 10.3. The van der Waals surface area contributed by atoms with E-state index in [1.807, 2.05) is 60.7 Å². The molecule has 0 aliphatic carbocycles. The summed E-state index contributed by atoms with van der Waals surface area (Å²) in [4.78, 5) is 20.2. The molecule has 5 rings (SSSR count). The Morgan fingerprint density at radius 3 is 2.45 bits per heavy atom. The number of nitrogens with zero attached hydrogens (tertiary/aromatic N) is 1. The Bertz CT molecular complexity index is 1460. The van der Waals surface area contributed by atoms with Gasteiger partial charge in [0.05, 0.1) is 19.7 Å². The second kappa shape index (κ2) is 8.55. The fourth-order valence-electron chi connectivity index (χ4n) is 3.68. The summed E-state index contributed by atoms with van der Waals surface area (Å²) in [5.41, 5.74) is 2.78. The molecular weight excluding hydrogens is 418 g/mol. The van der Waals surface area contributed by atoms with E-state index in [9.17, 15) is 4.79 Å². The van der Waals surface area contributed by atoms with Crippen LogP contribution in [0, 0.1) is 0 Å². The third kappa shape index (κ3) is 4.04. The lowest BCUT2D eigenvalue weighted by Gasteiger charge is -2.12. The van der Waals surface area contributed by atoms with E-state index in [1.165, 1.54) is 0 Å². The van der Waals surface area contributed by atoms with Crippen molar-refractivity contribution >= 4 is 33.4 Å². The number of carbonyl (C=O) groups excluding carboxylic acids is 1. The second-order valence-electron chi connectivity index (χ2n) is 7.39. The number of amides is 1. The van der Waals surface area contributed by atoms with E-state index in [-0.39, 0.29) is 5.91 Å². The number of anilines is 1. The molecule has 0 spiro atoms. The summed E-state index contributed by atoms with van der Waals surface area (Å²) < 4.78 is 17.0. The van der Waals surface area contributed by atoms with Crippen molar-refractivity contribution in [2.75, 3.05) is 19.5 Å². The minimum absolute atomic E-state index is 0.207. The fourth-order valence-corrected chi connectivity index (χ4v) is 3.68. The summed E-state index contributed by atoms with van der Waals surface area (Å²) in [6.45, 7) is 0. The van der Waals surface area contributed by atoms with E-state index in [2.05, 4.69) is 15.3 Å². The number of benzene rings is 3. The molecule has 164 valence electrons. The van der Waals surface area contributed by atoms with Crippen molar-refractivity contribution in [3.05, 3.63) is 84.7 Å². The molecule has 2 aromatic heterocycles. The standard InChI is InChI=1S/C26H21N3O4/c1-31-24-14-19-21(15-25(24)32-2)27-11-10-23(19)33-18-8-9-20-16(12-18)13-22(29-20)26(30)28-17-6-4-3-5-7-17/h3-15,29H,1-2H3,(H,28,30). The molecule has 1 amide bonds. The summed E-state index contributed by atoms with van der Waals surface area (Å²) in [7, 11) is 3.18. The van der Waals surface area contributed by atoms with Crippen LogP contribution in [0.5, 0.6) is 23.0 Å². The first-order chi connectivity index (χ1) is 16.1. The number of fused-ring (bicyclic) bond motifs is 2. The number of hydrogen-bond donors (Lipinski definition) is 2. The summed E-state index contributed by atoms with van der Waals surface area (Å²) in [5, 5.41) is 4.55. The number of nitrogens with one attached hydrogen (secondary N) is 2. The summed E-state index contributed by atoms with van der Waals surface area (Å²) in [5.74, 6) is 2.26. The third-order valence-corrected chi connectivity index (χ3v) is 5.30. The largest absolute Gasteiger partial charge is 0.493 e. The van der Waals surface area contributed by atoms with Gasteiger partial charge in [0, 0.05) is 34.2 Å². The van der Waals surface area contributed by atoms with Gasteiger partial charge in [0.15, 0.2) is 11.5 Å². The monoisotopic (exact) mass is 439 g/mol. The molecule has 2 N–H and O–H groups in total. The van der Waals surface area contributed by atoms with E-state index in [0.717, 1.165) is 27.5 Å². The van der Waals surface area contributed by atoms with E-state index < -0.39 is 0 Å². The van der Waals surface area contributed by atoms with Crippen LogP contribution in [0.2, 0.25) is 0 Å². The zero-order chi connectivity index (χ0) is 22.8. The van der Waals surface area contributed by atoms with Gasteiger partial charge in [0.25, 0.3) is 5.91 Å². The van der Waals surface area contributed by atoms with Gasteiger partial charge in [-0.15, -0.1) is 0 Å². The van der Waals surface area contributed by atoms with Crippen molar-refractivity contribution in [1.29, 1.82) is 0 Å². The van der Waals surface area contributed by atoms with Gasteiger partial charge in [-0.2, -0.15) is 0 Å². The number of ether oxygens (including phenoxy) is 3. The first kappa shape index (κ1) is 20.4. The zero-order valence-electron chi connectivity index (χ0n) is 18.1. The third-order valence-electron chi connectivity index (χ3n) is 5.30. The molecule has 0 unspecified atom stereocenters. The quantitative estimate of drug-likeness (QED) is 0.350. The van der Waals surface area contributed by atoms with Crippen LogP contribution in [0.3, 0.4) is 0 Å². The molecule has 0 radical (unpaired) electrons. The van der Waals surface area contributed by atoms with Crippen LogP contribution in [-0.4, -0.2) is 30.1 Å². The average molecular weight is 439 g/mol. The SMILES string of the molecule is COc1cc2nccc(Oc3ccc4[nH]c(C(=O)Nc5ccccc5)cc4c3)c2cc1OC. The highest BCUT2D eigenvalue weighted by Gasteiger charge is 2.13. The van der Waals surface area contributed by atoms with E-state index in [4.69, 9.17) is 14.2 Å². The summed E-state index contributed by atoms with van der Waals surface area (Å²) in [6.07, 6.45) is 1.68. The van der Waals surface area contributed by atoms with Crippen LogP contribution < -0.4 is 19.5 Å². The number of para-hydroxylation sites is 1. The van der Waals surface area contributed by atoms with Crippen molar-refractivity contribution in [3.8, 4) is 23.0 Å². The van der Waals surface area contributed by atoms with Crippen molar-refractivity contribution in [2.24, 2.45) is 0 Å². The Kier molecular flexibility index (Phi) is 5.28. The van der Waals surface area contributed by atoms with Gasteiger partial charge in [-0.05, 0) is 48.5 Å². The fraction of sp³-hybridized carbons (Fsp3) is 0.0769. The maximum absolute atomic E-state index is 12.6. The smallest absolute Gasteiger partial charge is 0.272 e. The molecule has 3 aromatic carbocycles. The van der Waals surface area contributed by atoms with Gasteiger partial charge in [0.1, 0.15) is 17.2 Å². The van der Waals surface area contributed by atoms with Crippen molar-refractivity contribution in [3.63, 3.8) is 0 Å². The maximum Gasteiger partial charge on any atom is 0.272 e. The lowest BCUT2D eigenvalue weighted by molar-refractivity contribution is 0.102. The Balaban J connectivity index is 1.44. The van der Waals surface area contributed by atoms with Gasteiger partial charge in [-0.1, -0.05) is 18.2 Å². The number of rotatable bonds is 6. The predicted molar refractivity (Wildman–Crippen MR) is 128 cm³/mol. The first-order valence-electron chi connectivity index (χ1n) is 10.3. The highest BCUT2D eigenvalue weighted by molar-refractivity contribution is 6.06. The predicted octanol–water partition coefficient (Wildman–Crippen LogP) is 5.78. The molecule has 2 heterocycles. The number of hydrogen-bond acceptors (Lipinski definition) is 5. The van der Waals surface area contributed by atoms with Crippen LogP contribution in [0.25, 0.3) is 21.8 Å². The number of carbonyl (C=O) groups is 1. The Morgan fingerprint density at radius 2 is 1.67 bits per heavy atom. The van der Waals surface area contributed by atoms with Crippen LogP contribution in [0.15, 0.2) is 79.0 Å². The minimum atomic E-state index is -0.207. The minimum Gasteiger partial charge on any atom is -0.493 e. The van der Waals surface area contributed by atoms with Gasteiger partial charge < -0.3 is 24.5 Å². The normalized spacial score (nSPS) is 10.8. The molecule has 0 aliphatic rings. The number of H-pyrrole nitrogens is 1. The Labute approximate surface area is 189 Å². The molecule has 0 fully saturated rings. The number of pyridine rings is 1. The summed E-state index contributed by atoms with van der Waals surface area (Å²) >= 11 is 0. The Hall–Kier alpha value is -4.52. The molecule has 0 saturated carbocycles. The average Bonchev–Trinajstić information content (AvgIpc) is 3.28. The molecule has 0 bridgehead atoms. The molecule has 0 saturated heterocycles. The second-order valence-corrected chi connectivity index (χ2v) is 7.39. The van der Waals surface area contributed by atoms with Crippen LogP contribution in [0.1, 0.15) is 10.5 Å². The van der Waals surface area contributed by atoms with Crippen LogP contribution >= 0.6 is 0 Å². The van der Waals surface area contributed by atoms with E-state index >= 15 is 0 Å².